The fraction of sp³-hybridized carbons (Fsp3) is 0.368. The van der Waals surface area contributed by atoms with E-state index in [0.717, 1.165) is 47.9 Å². The number of hydrogen-bond donors (Lipinski definition) is 1. The highest BCUT2D eigenvalue weighted by molar-refractivity contribution is 7.18. The van der Waals surface area contributed by atoms with E-state index in [1.54, 1.807) is 17.7 Å². The summed E-state index contributed by atoms with van der Waals surface area (Å²) in [6, 6.07) is 9.01. The zero-order valence-corrected chi connectivity index (χ0v) is 15.4. The minimum atomic E-state index is -0.214. The van der Waals surface area contributed by atoms with Crippen molar-refractivity contribution in [2.24, 2.45) is 0 Å². The average Bonchev–Trinajstić information content (AvgIpc) is 3.05. The van der Waals surface area contributed by atoms with Gasteiger partial charge in [0.15, 0.2) is 0 Å². The number of anilines is 1. The molecule has 7 heteroatoms. The van der Waals surface area contributed by atoms with Crippen molar-refractivity contribution in [3.05, 3.63) is 52.9 Å². The largest absolute Gasteiger partial charge is 0.379 e. The Labute approximate surface area is 155 Å². The molecule has 1 unspecified atom stereocenters. The quantitative estimate of drug-likeness (QED) is 0.741. The zero-order valence-electron chi connectivity index (χ0n) is 14.6. The van der Waals surface area contributed by atoms with Crippen LogP contribution in [0.4, 0.5) is 10.2 Å². The van der Waals surface area contributed by atoms with Crippen LogP contribution in [-0.2, 0) is 4.74 Å². The molecule has 2 aromatic heterocycles. The van der Waals surface area contributed by atoms with E-state index in [4.69, 9.17) is 4.74 Å². The average molecular weight is 372 g/mol. The van der Waals surface area contributed by atoms with E-state index < -0.39 is 0 Å². The summed E-state index contributed by atoms with van der Waals surface area (Å²) in [5, 5.41) is 4.54. The van der Waals surface area contributed by atoms with E-state index in [1.165, 1.54) is 17.0 Å². The lowest BCUT2D eigenvalue weighted by molar-refractivity contribution is 0.0187. The van der Waals surface area contributed by atoms with Crippen molar-refractivity contribution in [3.63, 3.8) is 0 Å². The minimum Gasteiger partial charge on any atom is -0.379 e. The third kappa shape index (κ3) is 3.70. The minimum absolute atomic E-state index is 0.129. The highest BCUT2D eigenvalue weighted by atomic mass is 32.1. The van der Waals surface area contributed by atoms with Gasteiger partial charge >= 0.3 is 0 Å². The molecule has 1 aliphatic heterocycles. The number of benzene rings is 1. The molecule has 0 amide bonds. The fourth-order valence-corrected chi connectivity index (χ4v) is 4.19. The van der Waals surface area contributed by atoms with Crippen molar-refractivity contribution < 1.29 is 9.13 Å². The van der Waals surface area contributed by atoms with Gasteiger partial charge in [-0.3, -0.25) is 4.90 Å². The van der Waals surface area contributed by atoms with Crippen molar-refractivity contribution in [2.75, 3.05) is 38.2 Å². The number of ether oxygens (including phenoxy) is 1. The van der Waals surface area contributed by atoms with E-state index in [0.29, 0.717) is 6.54 Å². The summed E-state index contributed by atoms with van der Waals surface area (Å²) >= 11 is 1.67. The van der Waals surface area contributed by atoms with Gasteiger partial charge in [-0.15, -0.1) is 11.3 Å². The Morgan fingerprint density at radius 2 is 2.00 bits per heavy atom. The first-order chi connectivity index (χ1) is 12.7. The molecule has 1 N–H and O–H groups in total. The molecule has 1 aromatic carbocycles. The lowest BCUT2D eigenvalue weighted by Crippen LogP contribution is -2.41. The van der Waals surface area contributed by atoms with Crippen LogP contribution >= 0.6 is 11.3 Å². The third-order valence-electron chi connectivity index (χ3n) is 4.66. The number of morpholine rings is 1. The van der Waals surface area contributed by atoms with E-state index >= 15 is 0 Å². The molecule has 1 aliphatic rings. The van der Waals surface area contributed by atoms with Gasteiger partial charge in [-0.2, -0.15) is 0 Å². The summed E-state index contributed by atoms with van der Waals surface area (Å²) in [6.45, 7) is 5.93. The summed E-state index contributed by atoms with van der Waals surface area (Å²) in [6.07, 6.45) is 1.60. The Morgan fingerprint density at radius 3 is 2.77 bits per heavy atom. The molecule has 26 heavy (non-hydrogen) atoms. The van der Waals surface area contributed by atoms with E-state index in [-0.39, 0.29) is 11.9 Å². The standard InChI is InChI=1S/C19H21FN4OS/c1-13-10-16-18(22-12-23-19(16)26-13)21-11-17(24-6-8-25-9-7-24)14-2-4-15(20)5-3-14/h2-5,10,12,17H,6-9,11H2,1H3,(H,21,22,23). The van der Waals surface area contributed by atoms with Crippen LogP contribution < -0.4 is 5.32 Å². The Bertz CT molecular complexity index is 877. The number of nitrogens with one attached hydrogen (secondary N) is 1. The maximum Gasteiger partial charge on any atom is 0.138 e. The monoisotopic (exact) mass is 372 g/mol. The first-order valence-corrected chi connectivity index (χ1v) is 9.54. The smallest absolute Gasteiger partial charge is 0.138 e. The SMILES string of the molecule is Cc1cc2c(NCC(c3ccc(F)cc3)N3CCOCC3)ncnc2s1. The maximum absolute atomic E-state index is 13.4. The van der Waals surface area contributed by atoms with Gasteiger partial charge in [-0.1, -0.05) is 12.1 Å². The lowest BCUT2D eigenvalue weighted by atomic mass is 10.0. The second kappa shape index (κ2) is 7.65. The van der Waals surface area contributed by atoms with Gasteiger partial charge in [0, 0.05) is 24.5 Å². The number of aryl methyl sites for hydroxylation is 1. The van der Waals surface area contributed by atoms with E-state index in [9.17, 15) is 4.39 Å². The van der Waals surface area contributed by atoms with E-state index in [1.807, 2.05) is 12.1 Å². The Balaban J connectivity index is 1.58. The van der Waals surface area contributed by atoms with Crippen molar-refractivity contribution in [3.8, 4) is 0 Å². The van der Waals surface area contributed by atoms with Crippen LogP contribution in [0.1, 0.15) is 16.5 Å². The molecule has 4 rings (SSSR count). The van der Waals surface area contributed by atoms with Crippen LogP contribution in [0, 0.1) is 12.7 Å². The molecule has 3 aromatic rings. The first kappa shape index (κ1) is 17.3. The van der Waals surface area contributed by atoms with Crippen molar-refractivity contribution in [1.82, 2.24) is 14.9 Å². The number of hydrogen-bond acceptors (Lipinski definition) is 6. The number of halogens is 1. The van der Waals surface area contributed by atoms with Gasteiger partial charge in [0.1, 0.15) is 22.8 Å². The number of thiophene rings is 1. The molecule has 5 nitrogen and oxygen atoms in total. The Kier molecular flexibility index (Phi) is 5.10. The van der Waals surface area contributed by atoms with Gasteiger partial charge in [0.25, 0.3) is 0 Å². The molecule has 0 spiro atoms. The second-order valence-corrected chi connectivity index (χ2v) is 7.63. The van der Waals surface area contributed by atoms with Crippen LogP contribution in [0.3, 0.4) is 0 Å². The summed E-state index contributed by atoms with van der Waals surface area (Å²) in [4.78, 5) is 13.4. The predicted molar refractivity (Wildman–Crippen MR) is 102 cm³/mol. The van der Waals surface area contributed by atoms with Crippen molar-refractivity contribution >= 4 is 27.4 Å². The van der Waals surface area contributed by atoms with Gasteiger partial charge in [0.2, 0.25) is 0 Å². The Morgan fingerprint density at radius 1 is 1.23 bits per heavy atom. The normalized spacial score (nSPS) is 16.7. The molecule has 0 bridgehead atoms. The summed E-state index contributed by atoms with van der Waals surface area (Å²) in [5.74, 6) is 0.633. The molecule has 0 saturated carbocycles. The van der Waals surface area contributed by atoms with Gasteiger partial charge < -0.3 is 10.1 Å². The van der Waals surface area contributed by atoms with Crippen molar-refractivity contribution in [1.29, 1.82) is 0 Å². The zero-order chi connectivity index (χ0) is 17.9. The van der Waals surface area contributed by atoms with Gasteiger partial charge in [0.05, 0.1) is 24.6 Å². The molecule has 1 fully saturated rings. The molecule has 136 valence electrons. The van der Waals surface area contributed by atoms with E-state index in [2.05, 4.69) is 33.2 Å². The van der Waals surface area contributed by atoms with Gasteiger partial charge in [-0.25, -0.2) is 14.4 Å². The highest BCUT2D eigenvalue weighted by Gasteiger charge is 2.23. The van der Waals surface area contributed by atoms with Gasteiger partial charge in [-0.05, 0) is 30.7 Å². The number of fused-ring (bicyclic) bond motifs is 1. The predicted octanol–water partition coefficient (Wildman–Crippen LogP) is 3.62. The van der Waals surface area contributed by atoms with Crippen LogP contribution in [0.2, 0.25) is 0 Å². The number of aromatic nitrogens is 2. The molecular formula is C19H21FN4OS. The van der Waals surface area contributed by atoms with Crippen LogP contribution in [0.15, 0.2) is 36.7 Å². The van der Waals surface area contributed by atoms with Crippen LogP contribution in [0.25, 0.3) is 10.2 Å². The topological polar surface area (TPSA) is 50.3 Å². The van der Waals surface area contributed by atoms with Crippen LogP contribution in [0.5, 0.6) is 0 Å². The summed E-state index contributed by atoms with van der Waals surface area (Å²) in [7, 11) is 0. The van der Waals surface area contributed by atoms with Crippen molar-refractivity contribution in [2.45, 2.75) is 13.0 Å². The molecule has 3 heterocycles. The lowest BCUT2D eigenvalue weighted by Gasteiger charge is -2.35. The molecule has 0 aliphatic carbocycles. The third-order valence-corrected chi connectivity index (χ3v) is 5.62. The number of rotatable bonds is 5. The Hall–Kier alpha value is -2.09. The summed E-state index contributed by atoms with van der Waals surface area (Å²) in [5.41, 5.74) is 1.09. The maximum atomic E-state index is 13.4. The molecule has 1 saturated heterocycles. The highest BCUT2D eigenvalue weighted by Crippen LogP contribution is 2.29. The first-order valence-electron chi connectivity index (χ1n) is 8.73. The molecule has 0 radical (unpaired) electrons. The molecular weight excluding hydrogens is 351 g/mol. The van der Waals surface area contributed by atoms with Crippen LogP contribution in [-0.4, -0.2) is 47.7 Å². The number of nitrogens with zero attached hydrogens (tertiary/aromatic N) is 3. The fourth-order valence-electron chi connectivity index (χ4n) is 3.34. The second-order valence-electron chi connectivity index (χ2n) is 6.39. The molecule has 1 atom stereocenters. The summed E-state index contributed by atoms with van der Waals surface area (Å²) < 4.78 is 18.8.